The number of hydrogen-bond acceptors (Lipinski definition) is 3. The van der Waals surface area contributed by atoms with E-state index in [1.165, 1.54) is 0 Å². The summed E-state index contributed by atoms with van der Waals surface area (Å²) in [6.07, 6.45) is 10.3. The van der Waals surface area contributed by atoms with E-state index in [2.05, 4.69) is 10.3 Å². The molecule has 1 saturated carbocycles. The van der Waals surface area contributed by atoms with Crippen LogP contribution in [0.25, 0.3) is 0 Å². The molecule has 2 aliphatic rings. The second-order valence-corrected chi connectivity index (χ2v) is 6.55. The zero-order valence-corrected chi connectivity index (χ0v) is 13.5. The molecule has 1 aromatic rings. The fourth-order valence-electron chi connectivity index (χ4n) is 3.80. The molecule has 1 aliphatic carbocycles. The Kier molecular flexibility index (Phi) is 5.26. The van der Waals surface area contributed by atoms with Crippen molar-refractivity contribution in [1.82, 2.24) is 15.2 Å². The molecule has 0 bridgehead atoms. The Balaban J connectivity index is 1.84. The molecule has 124 valence electrons. The van der Waals surface area contributed by atoms with Crippen LogP contribution in [0.3, 0.4) is 0 Å². The smallest absolute Gasteiger partial charge is 0.255 e. The zero-order chi connectivity index (χ0) is 16.1. The van der Waals surface area contributed by atoms with Crippen molar-refractivity contribution < 1.29 is 9.59 Å². The van der Waals surface area contributed by atoms with Crippen LogP contribution >= 0.6 is 0 Å². The van der Waals surface area contributed by atoms with Crippen molar-refractivity contribution in [2.45, 2.75) is 51.0 Å². The highest BCUT2D eigenvalue weighted by atomic mass is 16.2. The minimum absolute atomic E-state index is 0.0158. The van der Waals surface area contributed by atoms with Crippen LogP contribution in [0.2, 0.25) is 0 Å². The number of fused-ring (bicyclic) bond motifs is 1. The van der Waals surface area contributed by atoms with E-state index >= 15 is 0 Å². The van der Waals surface area contributed by atoms with Crippen molar-refractivity contribution in [3.8, 4) is 0 Å². The lowest BCUT2D eigenvalue weighted by atomic mass is 9.99. The Morgan fingerprint density at radius 2 is 2.04 bits per heavy atom. The Hall–Kier alpha value is -1.91. The first-order chi connectivity index (χ1) is 11.3. The number of rotatable bonds is 1. The van der Waals surface area contributed by atoms with Gasteiger partial charge in [-0.15, -0.1) is 0 Å². The molecule has 5 heteroatoms. The number of hydrogen-bond donors (Lipinski definition) is 1. The first-order valence-electron chi connectivity index (χ1n) is 8.76. The third-order valence-corrected chi connectivity index (χ3v) is 5.01. The van der Waals surface area contributed by atoms with Crippen molar-refractivity contribution in [3.63, 3.8) is 0 Å². The third-order valence-electron chi connectivity index (χ3n) is 5.01. The van der Waals surface area contributed by atoms with Gasteiger partial charge in [0.05, 0.1) is 11.5 Å². The first kappa shape index (κ1) is 16.0. The van der Waals surface area contributed by atoms with Crippen molar-refractivity contribution in [1.29, 1.82) is 0 Å². The molecule has 0 radical (unpaired) electrons. The summed E-state index contributed by atoms with van der Waals surface area (Å²) in [4.78, 5) is 31.4. The average molecular weight is 315 g/mol. The lowest BCUT2D eigenvalue weighted by Gasteiger charge is -2.32. The minimum atomic E-state index is -0.0614. The summed E-state index contributed by atoms with van der Waals surface area (Å²) in [6, 6.07) is 3.63. The lowest BCUT2D eigenvalue weighted by molar-refractivity contribution is -0.126. The summed E-state index contributed by atoms with van der Waals surface area (Å²) in [5.74, 6) is 0.0779. The fraction of sp³-hybridized carbons (Fsp3) is 0.611. The molecule has 1 aliphatic heterocycles. The van der Waals surface area contributed by atoms with E-state index in [1.54, 1.807) is 18.5 Å². The summed E-state index contributed by atoms with van der Waals surface area (Å²) >= 11 is 0. The molecule has 2 amide bonds. The van der Waals surface area contributed by atoms with Gasteiger partial charge in [0.2, 0.25) is 5.91 Å². The number of amides is 2. The van der Waals surface area contributed by atoms with Gasteiger partial charge in [0.1, 0.15) is 0 Å². The Bertz CT molecular complexity index is 546. The highest BCUT2D eigenvalue weighted by Gasteiger charge is 2.38. The fourth-order valence-corrected chi connectivity index (χ4v) is 3.80. The van der Waals surface area contributed by atoms with Crippen molar-refractivity contribution >= 4 is 11.8 Å². The van der Waals surface area contributed by atoms with Crippen molar-refractivity contribution in [2.75, 3.05) is 13.1 Å². The quantitative estimate of drug-likeness (QED) is 0.865. The molecule has 5 nitrogen and oxygen atoms in total. The molecule has 0 unspecified atom stereocenters. The van der Waals surface area contributed by atoms with Crippen LogP contribution in [-0.4, -0.2) is 40.8 Å². The maximum atomic E-state index is 13.0. The second kappa shape index (κ2) is 7.57. The van der Waals surface area contributed by atoms with Gasteiger partial charge in [-0.2, -0.15) is 0 Å². The van der Waals surface area contributed by atoms with Gasteiger partial charge < -0.3 is 10.2 Å². The lowest BCUT2D eigenvalue weighted by Crippen LogP contribution is -2.47. The number of pyridine rings is 1. The molecule has 0 spiro atoms. The molecule has 23 heavy (non-hydrogen) atoms. The van der Waals surface area contributed by atoms with E-state index in [-0.39, 0.29) is 23.8 Å². The van der Waals surface area contributed by atoms with E-state index in [0.29, 0.717) is 5.56 Å². The van der Waals surface area contributed by atoms with Crippen LogP contribution in [0.1, 0.15) is 55.3 Å². The molecule has 2 heterocycles. The van der Waals surface area contributed by atoms with E-state index in [9.17, 15) is 9.59 Å². The average Bonchev–Trinajstić information content (AvgIpc) is 3.05. The third kappa shape index (κ3) is 3.71. The number of nitrogens with zero attached hydrogens (tertiary/aromatic N) is 2. The summed E-state index contributed by atoms with van der Waals surface area (Å²) in [7, 11) is 0. The summed E-state index contributed by atoms with van der Waals surface area (Å²) in [6.45, 7) is 1.50. The summed E-state index contributed by atoms with van der Waals surface area (Å²) in [5, 5.41) is 3.06. The number of carbonyl (C=O) groups excluding carboxylic acids is 2. The topological polar surface area (TPSA) is 62.3 Å². The Morgan fingerprint density at radius 1 is 1.17 bits per heavy atom. The molecule has 2 atom stereocenters. The van der Waals surface area contributed by atoms with Gasteiger partial charge >= 0.3 is 0 Å². The van der Waals surface area contributed by atoms with Crippen LogP contribution in [0.15, 0.2) is 24.5 Å². The maximum Gasteiger partial charge on any atom is 0.255 e. The Morgan fingerprint density at radius 3 is 2.87 bits per heavy atom. The van der Waals surface area contributed by atoms with Crippen LogP contribution in [0.5, 0.6) is 0 Å². The van der Waals surface area contributed by atoms with E-state index < -0.39 is 0 Å². The number of carbonyl (C=O) groups is 2. The number of nitrogens with one attached hydrogen (secondary N) is 1. The predicted molar refractivity (Wildman–Crippen MR) is 87.9 cm³/mol. The van der Waals surface area contributed by atoms with Crippen LogP contribution in [0.4, 0.5) is 0 Å². The van der Waals surface area contributed by atoms with Gasteiger partial charge in [-0.3, -0.25) is 14.6 Å². The monoisotopic (exact) mass is 315 g/mol. The van der Waals surface area contributed by atoms with Gasteiger partial charge in [0.25, 0.3) is 5.91 Å². The molecule has 1 saturated heterocycles. The molecule has 1 N–H and O–H groups in total. The molecule has 3 rings (SSSR count). The highest BCUT2D eigenvalue weighted by molar-refractivity contribution is 5.94. The second-order valence-electron chi connectivity index (χ2n) is 6.55. The summed E-state index contributed by atoms with van der Waals surface area (Å²) < 4.78 is 0. The summed E-state index contributed by atoms with van der Waals surface area (Å²) in [5.41, 5.74) is 0.619. The standard InChI is InChI=1S/C18H25N3O2/c22-17-15-8-5-9-16(15)21(12-4-2-1-3-11-20-17)18(23)14-7-6-10-19-13-14/h6-7,10,13,15-16H,1-5,8-9,11-12H2,(H,20,22)/t15-,16+/m1/s1. The van der Waals surface area contributed by atoms with Gasteiger partial charge in [0.15, 0.2) is 0 Å². The molecular formula is C18H25N3O2. The van der Waals surface area contributed by atoms with Crippen LogP contribution in [0, 0.1) is 5.92 Å². The SMILES string of the molecule is O=C1NCCCCCCN(C(=O)c2cccnc2)[C@H]2CCC[C@@H]12. The van der Waals surface area contributed by atoms with E-state index in [1.807, 2.05) is 11.0 Å². The molecular weight excluding hydrogens is 290 g/mol. The van der Waals surface area contributed by atoms with Gasteiger partial charge in [0, 0.05) is 31.5 Å². The van der Waals surface area contributed by atoms with Crippen molar-refractivity contribution in [3.05, 3.63) is 30.1 Å². The largest absolute Gasteiger partial charge is 0.356 e. The zero-order valence-electron chi connectivity index (χ0n) is 13.5. The van der Waals surface area contributed by atoms with Gasteiger partial charge in [-0.05, 0) is 37.8 Å². The van der Waals surface area contributed by atoms with Gasteiger partial charge in [-0.1, -0.05) is 19.3 Å². The normalized spacial score (nSPS) is 26.1. The highest BCUT2D eigenvalue weighted by Crippen LogP contribution is 2.32. The minimum Gasteiger partial charge on any atom is -0.356 e. The Labute approximate surface area is 137 Å². The molecule has 1 aromatic heterocycles. The molecule has 2 fully saturated rings. The number of aromatic nitrogens is 1. The van der Waals surface area contributed by atoms with Crippen molar-refractivity contribution in [2.24, 2.45) is 5.92 Å². The van der Waals surface area contributed by atoms with E-state index in [0.717, 1.165) is 58.0 Å². The van der Waals surface area contributed by atoms with Gasteiger partial charge in [-0.25, -0.2) is 0 Å². The van der Waals surface area contributed by atoms with E-state index in [4.69, 9.17) is 0 Å². The predicted octanol–water partition coefficient (Wildman–Crippen LogP) is 2.38. The maximum absolute atomic E-state index is 13.0. The van der Waals surface area contributed by atoms with Crippen LogP contribution < -0.4 is 5.32 Å². The first-order valence-corrected chi connectivity index (χ1v) is 8.76. The van der Waals surface area contributed by atoms with Crippen LogP contribution in [-0.2, 0) is 4.79 Å². The molecule has 0 aromatic carbocycles.